The van der Waals surface area contributed by atoms with Crippen LogP contribution in [-0.4, -0.2) is 26.8 Å². The predicted molar refractivity (Wildman–Crippen MR) is 86.6 cm³/mol. The summed E-state index contributed by atoms with van der Waals surface area (Å²) < 4.78 is 5.51. The minimum absolute atomic E-state index is 0.247. The van der Waals surface area contributed by atoms with Crippen LogP contribution in [0.2, 0.25) is 0 Å². The van der Waals surface area contributed by atoms with Gasteiger partial charge >= 0.3 is 0 Å². The van der Waals surface area contributed by atoms with Gasteiger partial charge in [-0.15, -0.1) is 0 Å². The molecule has 0 aromatic heterocycles. The molecule has 1 atom stereocenters. The third-order valence-electron chi connectivity index (χ3n) is 4.03. The van der Waals surface area contributed by atoms with E-state index in [1.807, 2.05) is 0 Å². The van der Waals surface area contributed by atoms with Crippen molar-refractivity contribution < 1.29 is 4.74 Å². The summed E-state index contributed by atoms with van der Waals surface area (Å²) in [6, 6.07) is 19.5. The molecule has 0 saturated heterocycles. The maximum Gasteiger partial charge on any atom is 0.0776 e. The first-order valence-corrected chi connectivity index (χ1v) is 7.49. The molecule has 1 heterocycles. The number of nitrogens with zero attached hydrogens (tertiary/aromatic N) is 1. The number of anilines is 1. The number of ether oxygens (including phenoxy) is 1. The van der Waals surface area contributed by atoms with E-state index in [-0.39, 0.29) is 6.04 Å². The molecule has 0 radical (unpaired) electrons. The van der Waals surface area contributed by atoms with E-state index in [0.717, 1.165) is 19.6 Å². The van der Waals surface area contributed by atoms with E-state index in [2.05, 4.69) is 64.8 Å². The van der Waals surface area contributed by atoms with Crippen LogP contribution in [0.3, 0.4) is 0 Å². The zero-order valence-electron chi connectivity index (χ0n) is 12.5. The first kappa shape index (κ1) is 14.1. The summed E-state index contributed by atoms with van der Waals surface area (Å²) in [4.78, 5) is 2.47. The van der Waals surface area contributed by atoms with Gasteiger partial charge in [-0.25, -0.2) is 0 Å². The Labute approximate surface area is 126 Å². The Balaban J connectivity index is 1.99. The van der Waals surface area contributed by atoms with Crippen molar-refractivity contribution in [2.75, 3.05) is 31.7 Å². The maximum atomic E-state index is 5.51. The summed E-state index contributed by atoms with van der Waals surface area (Å²) in [5.41, 5.74) is 3.97. The molecule has 2 aromatic rings. The number of para-hydroxylation sites is 1. The normalized spacial score (nSPS) is 16.1. The molecule has 21 heavy (non-hydrogen) atoms. The summed E-state index contributed by atoms with van der Waals surface area (Å²) in [6.45, 7) is 3.60. The van der Waals surface area contributed by atoms with Crippen LogP contribution in [0.4, 0.5) is 5.69 Å². The van der Waals surface area contributed by atoms with E-state index in [0.29, 0.717) is 6.61 Å². The molecule has 3 heteroatoms. The van der Waals surface area contributed by atoms with E-state index in [1.54, 1.807) is 7.11 Å². The Kier molecular flexibility index (Phi) is 4.53. The topological polar surface area (TPSA) is 24.5 Å². The number of hydrogen-bond donors (Lipinski definition) is 1. The summed E-state index contributed by atoms with van der Waals surface area (Å²) in [7, 11) is 1.78. The monoisotopic (exact) mass is 282 g/mol. The van der Waals surface area contributed by atoms with Crippen molar-refractivity contribution in [1.29, 1.82) is 0 Å². The van der Waals surface area contributed by atoms with Gasteiger partial charge in [-0.05, 0) is 17.2 Å². The smallest absolute Gasteiger partial charge is 0.0776 e. The Hall–Kier alpha value is -1.84. The molecule has 3 rings (SSSR count). The van der Waals surface area contributed by atoms with Gasteiger partial charge in [0.15, 0.2) is 0 Å². The van der Waals surface area contributed by atoms with E-state index < -0.39 is 0 Å². The van der Waals surface area contributed by atoms with Crippen LogP contribution in [0, 0.1) is 0 Å². The molecule has 3 nitrogen and oxygen atoms in total. The summed E-state index contributed by atoms with van der Waals surface area (Å²) >= 11 is 0. The number of methoxy groups -OCH3 is 1. The van der Waals surface area contributed by atoms with Crippen LogP contribution < -0.4 is 10.2 Å². The fourth-order valence-electron chi connectivity index (χ4n) is 3.01. The third kappa shape index (κ3) is 3.09. The second kappa shape index (κ2) is 6.74. The highest BCUT2D eigenvalue weighted by atomic mass is 16.5. The number of hydrogen-bond acceptors (Lipinski definition) is 3. The van der Waals surface area contributed by atoms with Gasteiger partial charge < -0.3 is 15.0 Å². The van der Waals surface area contributed by atoms with Crippen molar-refractivity contribution in [2.45, 2.75) is 12.6 Å². The minimum atomic E-state index is 0.247. The Morgan fingerprint density at radius 2 is 1.86 bits per heavy atom. The highest BCUT2D eigenvalue weighted by Crippen LogP contribution is 2.31. The molecule has 1 N–H and O–H groups in total. The average Bonchev–Trinajstić information content (AvgIpc) is 2.76. The molecule has 1 unspecified atom stereocenters. The minimum Gasteiger partial charge on any atom is -0.382 e. The van der Waals surface area contributed by atoms with Crippen LogP contribution in [0.5, 0.6) is 0 Å². The molecule has 2 aromatic carbocycles. The van der Waals surface area contributed by atoms with E-state index in [9.17, 15) is 0 Å². The highest BCUT2D eigenvalue weighted by Gasteiger charge is 2.23. The van der Waals surface area contributed by atoms with Crippen LogP contribution >= 0.6 is 0 Å². The van der Waals surface area contributed by atoms with Crippen molar-refractivity contribution in [3.63, 3.8) is 0 Å². The van der Waals surface area contributed by atoms with Crippen LogP contribution in [-0.2, 0) is 11.3 Å². The molecule has 1 aliphatic heterocycles. The van der Waals surface area contributed by atoms with Crippen molar-refractivity contribution in [3.8, 4) is 0 Å². The van der Waals surface area contributed by atoms with Crippen LogP contribution in [0.1, 0.15) is 17.2 Å². The number of fused-ring (bicyclic) bond motifs is 1. The van der Waals surface area contributed by atoms with Gasteiger partial charge in [-0.3, -0.25) is 0 Å². The molecular weight excluding hydrogens is 260 g/mol. The number of rotatable bonds is 4. The average molecular weight is 282 g/mol. The van der Waals surface area contributed by atoms with Gasteiger partial charge in [-0.1, -0.05) is 48.5 Å². The Morgan fingerprint density at radius 3 is 2.67 bits per heavy atom. The van der Waals surface area contributed by atoms with Gasteiger partial charge in [-0.2, -0.15) is 0 Å². The quantitative estimate of drug-likeness (QED) is 0.933. The second-order valence-corrected chi connectivity index (χ2v) is 5.38. The SMILES string of the molecule is COCC(c1ccccc1)N1CCNCc2ccccc21. The lowest BCUT2D eigenvalue weighted by Crippen LogP contribution is -2.35. The summed E-state index contributed by atoms with van der Waals surface area (Å²) in [5.74, 6) is 0. The van der Waals surface area contributed by atoms with Gasteiger partial charge in [0.2, 0.25) is 0 Å². The van der Waals surface area contributed by atoms with Gasteiger partial charge in [0.25, 0.3) is 0 Å². The molecule has 0 saturated carbocycles. The fourth-order valence-corrected chi connectivity index (χ4v) is 3.01. The standard InChI is InChI=1S/C18H22N2O/c1-21-14-18(15-7-3-2-4-8-15)20-12-11-19-13-16-9-5-6-10-17(16)20/h2-10,18-19H,11-14H2,1H3. The lowest BCUT2D eigenvalue weighted by molar-refractivity contribution is 0.177. The third-order valence-corrected chi connectivity index (χ3v) is 4.03. The van der Waals surface area contributed by atoms with Crippen LogP contribution in [0.25, 0.3) is 0 Å². The van der Waals surface area contributed by atoms with E-state index in [4.69, 9.17) is 4.74 Å². The molecule has 0 spiro atoms. The molecule has 0 fully saturated rings. The molecule has 0 amide bonds. The first-order valence-electron chi connectivity index (χ1n) is 7.49. The van der Waals surface area contributed by atoms with Crippen molar-refractivity contribution in [3.05, 3.63) is 65.7 Å². The van der Waals surface area contributed by atoms with Crippen LogP contribution in [0.15, 0.2) is 54.6 Å². The zero-order valence-corrected chi connectivity index (χ0v) is 12.5. The van der Waals surface area contributed by atoms with Gasteiger partial charge in [0.1, 0.15) is 0 Å². The second-order valence-electron chi connectivity index (χ2n) is 5.38. The summed E-state index contributed by atoms with van der Waals surface area (Å²) in [5, 5.41) is 3.50. The zero-order chi connectivity index (χ0) is 14.5. The van der Waals surface area contributed by atoms with Gasteiger partial charge in [0.05, 0.1) is 12.6 Å². The largest absolute Gasteiger partial charge is 0.382 e. The van der Waals surface area contributed by atoms with E-state index in [1.165, 1.54) is 16.8 Å². The molecule has 110 valence electrons. The number of nitrogens with one attached hydrogen (secondary N) is 1. The highest BCUT2D eigenvalue weighted by molar-refractivity contribution is 5.56. The Morgan fingerprint density at radius 1 is 1.10 bits per heavy atom. The predicted octanol–water partition coefficient (Wildman–Crippen LogP) is 2.98. The molecule has 0 bridgehead atoms. The van der Waals surface area contributed by atoms with Crippen molar-refractivity contribution >= 4 is 5.69 Å². The van der Waals surface area contributed by atoms with Crippen molar-refractivity contribution in [1.82, 2.24) is 5.32 Å². The first-order chi connectivity index (χ1) is 10.4. The fraction of sp³-hybridized carbons (Fsp3) is 0.333. The van der Waals surface area contributed by atoms with E-state index >= 15 is 0 Å². The Bertz CT molecular complexity index is 570. The molecule has 1 aliphatic rings. The summed E-state index contributed by atoms with van der Waals surface area (Å²) in [6.07, 6.45) is 0. The number of benzene rings is 2. The maximum absolute atomic E-state index is 5.51. The molecule has 0 aliphatic carbocycles. The lowest BCUT2D eigenvalue weighted by Gasteiger charge is -2.33. The van der Waals surface area contributed by atoms with Gasteiger partial charge in [0, 0.05) is 32.4 Å². The van der Waals surface area contributed by atoms with Crippen molar-refractivity contribution in [2.24, 2.45) is 0 Å². The lowest BCUT2D eigenvalue weighted by atomic mass is 10.0. The molecular formula is C18H22N2O.